The lowest BCUT2D eigenvalue weighted by molar-refractivity contribution is 0.871. The van der Waals surface area contributed by atoms with Crippen LogP contribution in [-0.4, -0.2) is 17.0 Å². The SMILES string of the molecule is CNc1[c]cc2nc(C)nc(N[C@H](C)c3cc(C)cc(N)c3)c2c1. The molecule has 0 spiro atoms. The van der Waals surface area contributed by atoms with Crippen LogP contribution >= 0.6 is 0 Å². The van der Waals surface area contributed by atoms with Gasteiger partial charge < -0.3 is 16.4 Å². The Morgan fingerprint density at radius 3 is 2.62 bits per heavy atom. The van der Waals surface area contributed by atoms with Gasteiger partial charge in [-0.1, -0.05) is 6.07 Å². The second-order valence-electron chi connectivity index (χ2n) is 6.06. The number of aryl methyl sites for hydroxylation is 2. The van der Waals surface area contributed by atoms with Crippen LogP contribution in [0.5, 0.6) is 0 Å². The molecule has 0 aliphatic rings. The molecule has 0 aliphatic carbocycles. The molecule has 0 aliphatic heterocycles. The molecule has 1 heterocycles. The van der Waals surface area contributed by atoms with E-state index in [1.807, 2.05) is 45.2 Å². The molecule has 0 unspecified atom stereocenters. The Kier molecular flexibility index (Phi) is 4.25. The number of nitrogen functional groups attached to an aromatic ring is 1. The van der Waals surface area contributed by atoms with E-state index < -0.39 is 0 Å². The fourth-order valence-corrected chi connectivity index (χ4v) is 2.82. The third kappa shape index (κ3) is 3.25. The van der Waals surface area contributed by atoms with Crippen LogP contribution in [0.15, 0.2) is 30.3 Å². The highest BCUT2D eigenvalue weighted by molar-refractivity contribution is 5.91. The second kappa shape index (κ2) is 6.35. The van der Waals surface area contributed by atoms with Crippen molar-refractivity contribution in [3.05, 3.63) is 53.3 Å². The first kappa shape index (κ1) is 16.1. The molecule has 24 heavy (non-hydrogen) atoms. The van der Waals surface area contributed by atoms with Gasteiger partial charge in [0.05, 0.1) is 11.6 Å². The Balaban J connectivity index is 2.02. The normalized spacial score (nSPS) is 12.2. The van der Waals surface area contributed by atoms with Crippen LogP contribution in [0, 0.1) is 19.9 Å². The van der Waals surface area contributed by atoms with Gasteiger partial charge in [0, 0.05) is 29.9 Å². The third-order valence-electron chi connectivity index (χ3n) is 3.98. The maximum absolute atomic E-state index is 5.98. The quantitative estimate of drug-likeness (QED) is 0.637. The molecule has 4 N–H and O–H groups in total. The molecule has 0 amide bonds. The van der Waals surface area contributed by atoms with Crippen molar-refractivity contribution in [3.8, 4) is 0 Å². The summed E-state index contributed by atoms with van der Waals surface area (Å²) >= 11 is 0. The van der Waals surface area contributed by atoms with Crippen molar-refractivity contribution in [2.75, 3.05) is 23.4 Å². The Labute approximate surface area is 142 Å². The summed E-state index contributed by atoms with van der Waals surface area (Å²) in [6.45, 7) is 6.04. The number of benzene rings is 2. The smallest absolute Gasteiger partial charge is 0.138 e. The van der Waals surface area contributed by atoms with Crippen LogP contribution in [0.3, 0.4) is 0 Å². The molecule has 2 aromatic carbocycles. The predicted octanol–water partition coefficient (Wildman–Crippen LogP) is 3.84. The van der Waals surface area contributed by atoms with Crippen molar-refractivity contribution in [1.82, 2.24) is 9.97 Å². The van der Waals surface area contributed by atoms with E-state index in [1.165, 1.54) is 0 Å². The molecule has 0 saturated carbocycles. The Hall–Kier alpha value is -2.82. The molecule has 3 rings (SSSR count). The van der Waals surface area contributed by atoms with Gasteiger partial charge in [-0.25, -0.2) is 9.97 Å². The van der Waals surface area contributed by atoms with Crippen LogP contribution < -0.4 is 16.4 Å². The van der Waals surface area contributed by atoms with E-state index in [-0.39, 0.29) is 6.04 Å². The number of nitrogens with zero attached hydrogens (tertiary/aromatic N) is 2. The van der Waals surface area contributed by atoms with E-state index in [4.69, 9.17) is 5.73 Å². The van der Waals surface area contributed by atoms with Crippen molar-refractivity contribution in [2.24, 2.45) is 0 Å². The Bertz CT molecular complexity index is 868. The molecule has 0 bridgehead atoms. The Morgan fingerprint density at radius 1 is 1.12 bits per heavy atom. The van der Waals surface area contributed by atoms with Gasteiger partial charge in [0.25, 0.3) is 0 Å². The molecular formula is C19H22N5. The number of fused-ring (bicyclic) bond motifs is 1. The first-order valence-corrected chi connectivity index (χ1v) is 7.97. The van der Waals surface area contributed by atoms with Crippen molar-refractivity contribution >= 4 is 28.1 Å². The molecule has 5 nitrogen and oxygen atoms in total. The van der Waals surface area contributed by atoms with Gasteiger partial charge in [0.1, 0.15) is 11.6 Å². The number of nitrogens with one attached hydrogen (secondary N) is 2. The number of rotatable bonds is 4. The largest absolute Gasteiger partial charge is 0.399 e. The lowest BCUT2D eigenvalue weighted by atomic mass is 10.0. The van der Waals surface area contributed by atoms with E-state index in [0.29, 0.717) is 0 Å². The number of aromatic nitrogens is 2. The van der Waals surface area contributed by atoms with E-state index in [0.717, 1.165) is 45.0 Å². The van der Waals surface area contributed by atoms with E-state index in [2.05, 4.69) is 39.7 Å². The first-order chi connectivity index (χ1) is 11.5. The summed E-state index contributed by atoms with van der Waals surface area (Å²) in [5, 5.41) is 7.57. The van der Waals surface area contributed by atoms with Crippen LogP contribution in [0.2, 0.25) is 0 Å². The topological polar surface area (TPSA) is 75.9 Å². The number of nitrogens with two attached hydrogens (primary N) is 1. The summed E-state index contributed by atoms with van der Waals surface area (Å²) in [4.78, 5) is 9.08. The lowest BCUT2D eigenvalue weighted by Crippen LogP contribution is -2.10. The molecule has 1 atom stereocenters. The summed E-state index contributed by atoms with van der Waals surface area (Å²) < 4.78 is 0. The Morgan fingerprint density at radius 2 is 1.92 bits per heavy atom. The summed E-state index contributed by atoms with van der Waals surface area (Å²) in [6, 6.07) is 13.2. The average molecular weight is 320 g/mol. The number of hydrogen-bond donors (Lipinski definition) is 3. The minimum atomic E-state index is 0.0759. The molecule has 5 heteroatoms. The summed E-state index contributed by atoms with van der Waals surface area (Å²) in [5.41, 5.74) is 10.8. The van der Waals surface area contributed by atoms with Gasteiger partial charge in [0.15, 0.2) is 0 Å². The van der Waals surface area contributed by atoms with Crippen molar-refractivity contribution in [2.45, 2.75) is 26.8 Å². The van der Waals surface area contributed by atoms with Gasteiger partial charge in [-0.3, -0.25) is 0 Å². The zero-order valence-electron chi connectivity index (χ0n) is 14.4. The minimum Gasteiger partial charge on any atom is -0.399 e. The van der Waals surface area contributed by atoms with E-state index >= 15 is 0 Å². The fourth-order valence-electron chi connectivity index (χ4n) is 2.82. The molecule has 3 aromatic rings. The average Bonchev–Trinajstić information content (AvgIpc) is 2.53. The summed E-state index contributed by atoms with van der Waals surface area (Å²) in [5.74, 6) is 1.54. The number of hydrogen-bond acceptors (Lipinski definition) is 5. The maximum atomic E-state index is 5.98. The second-order valence-corrected chi connectivity index (χ2v) is 6.06. The van der Waals surface area contributed by atoms with Crippen molar-refractivity contribution in [1.29, 1.82) is 0 Å². The highest BCUT2D eigenvalue weighted by atomic mass is 15.0. The molecule has 123 valence electrons. The predicted molar refractivity (Wildman–Crippen MR) is 100 cm³/mol. The molecule has 0 fully saturated rings. The zero-order chi connectivity index (χ0) is 17.3. The molecular weight excluding hydrogens is 298 g/mol. The van der Waals surface area contributed by atoms with Gasteiger partial charge >= 0.3 is 0 Å². The van der Waals surface area contributed by atoms with E-state index in [9.17, 15) is 0 Å². The minimum absolute atomic E-state index is 0.0759. The number of anilines is 3. The third-order valence-corrected chi connectivity index (χ3v) is 3.98. The molecule has 1 radical (unpaired) electrons. The maximum Gasteiger partial charge on any atom is 0.138 e. The van der Waals surface area contributed by atoms with Crippen molar-refractivity contribution < 1.29 is 0 Å². The standard InChI is InChI=1S/C19H22N5/c1-11-7-14(9-15(20)8-11)12(2)22-19-17-10-16(21-4)5-6-18(17)23-13(3)24-19/h6-10,12,21H,20H2,1-4H3,(H,22,23,24)/t12-/m1/s1. The highest BCUT2D eigenvalue weighted by Crippen LogP contribution is 2.28. The highest BCUT2D eigenvalue weighted by Gasteiger charge is 2.12. The lowest BCUT2D eigenvalue weighted by Gasteiger charge is -2.18. The molecule has 1 aromatic heterocycles. The molecule has 0 saturated heterocycles. The van der Waals surface area contributed by atoms with E-state index in [1.54, 1.807) is 0 Å². The van der Waals surface area contributed by atoms with Gasteiger partial charge in [-0.15, -0.1) is 0 Å². The monoisotopic (exact) mass is 320 g/mol. The fraction of sp³-hybridized carbons (Fsp3) is 0.263. The van der Waals surface area contributed by atoms with Crippen molar-refractivity contribution in [3.63, 3.8) is 0 Å². The van der Waals surface area contributed by atoms with Crippen LogP contribution in [-0.2, 0) is 0 Å². The van der Waals surface area contributed by atoms with Crippen LogP contribution in [0.1, 0.15) is 29.9 Å². The first-order valence-electron chi connectivity index (χ1n) is 7.97. The van der Waals surface area contributed by atoms with Gasteiger partial charge in [0.2, 0.25) is 0 Å². The zero-order valence-corrected chi connectivity index (χ0v) is 14.4. The van der Waals surface area contributed by atoms with Gasteiger partial charge in [-0.2, -0.15) is 0 Å². The summed E-state index contributed by atoms with van der Waals surface area (Å²) in [6.07, 6.45) is 0. The summed E-state index contributed by atoms with van der Waals surface area (Å²) in [7, 11) is 1.87. The van der Waals surface area contributed by atoms with Crippen LogP contribution in [0.25, 0.3) is 10.9 Å². The van der Waals surface area contributed by atoms with Crippen LogP contribution in [0.4, 0.5) is 17.2 Å². The van der Waals surface area contributed by atoms with Gasteiger partial charge in [-0.05, 0) is 56.2 Å².